The van der Waals surface area contributed by atoms with E-state index in [1.54, 1.807) is 6.07 Å². The number of morpholine rings is 1. The van der Waals surface area contributed by atoms with Gasteiger partial charge in [-0.05, 0) is 62.8 Å². The summed E-state index contributed by atoms with van der Waals surface area (Å²) in [7, 11) is 0. The van der Waals surface area contributed by atoms with E-state index in [0.717, 1.165) is 49.0 Å². The molecule has 4 rings (SSSR count). The second-order valence-corrected chi connectivity index (χ2v) is 7.51. The van der Waals surface area contributed by atoms with Crippen LogP contribution in [-0.4, -0.2) is 25.3 Å². The van der Waals surface area contributed by atoms with Crippen molar-refractivity contribution in [1.82, 2.24) is 0 Å². The number of fused-ring (bicyclic) bond motifs is 2. The number of ether oxygens (including phenoxy) is 1. The van der Waals surface area contributed by atoms with Crippen molar-refractivity contribution in [3.63, 3.8) is 0 Å². The molecule has 2 aliphatic rings. The number of hydrogen-bond acceptors (Lipinski definition) is 3. The van der Waals surface area contributed by atoms with E-state index in [1.807, 2.05) is 0 Å². The Hall–Kier alpha value is -1.65. The van der Waals surface area contributed by atoms with Crippen molar-refractivity contribution in [2.45, 2.75) is 58.3 Å². The van der Waals surface area contributed by atoms with Gasteiger partial charge in [0.05, 0.1) is 0 Å². The van der Waals surface area contributed by atoms with Crippen LogP contribution in [0.1, 0.15) is 43.4 Å². The van der Waals surface area contributed by atoms with Crippen LogP contribution in [0.15, 0.2) is 27.4 Å². The Bertz CT molecular complexity index is 800. The average Bonchev–Trinajstić information content (AvgIpc) is 2.52. The lowest BCUT2D eigenvalue weighted by Gasteiger charge is -2.32. The van der Waals surface area contributed by atoms with Gasteiger partial charge in [-0.15, -0.1) is 0 Å². The minimum atomic E-state index is -0.234. The van der Waals surface area contributed by atoms with Crippen molar-refractivity contribution < 1.29 is 14.1 Å². The maximum Gasteiger partial charge on any atom is 0.336 e. The fourth-order valence-corrected chi connectivity index (χ4v) is 4.41. The SMILES string of the molecule is C[C@H]1C[NH+](Cc2cc(=O)oc3cc4c(cc23)CCCC4)C[C@H](C)O1. The van der Waals surface area contributed by atoms with Crippen molar-refractivity contribution >= 4 is 11.0 Å². The zero-order chi connectivity index (χ0) is 16.7. The quantitative estimate of drug-likeness (QED) is 0.856. The summed E-state index contributed by atoms with van der Waals surface area (Å²) in [6.45, 7) is 7.08. The Morgan fingerprint density at radius 2 is 1.71 bits per heavy atom. The van der Waals surface area contributed by atoms with Crippen LogP contribution in [0.2, 0.25) is 0 Å². The predicted octanol–water partition coefficient (Wildman–Crippen LogP) is 1.86. The van der Waals surface area contributed by atoms with Crippen molar-refractivity contribution in [2.24, 2.45) is 0 Å². The van der Waals surface area contributed by atoms with Crippen molar-refractivity contribution in [3.05, 3.63) is 45.3 Å². The van der Waals surface area contributed by atoms with Gasteiger partial charge in [0.15, 0.2) is 0 Å². The van der Waals surface area contributed by atoms with E-state index < -0.39 is 0 Å². The first-order valence-corrected chi connectivity index (χ1v) is 9.16. The zero-order valence-electron chi connectivity index (χ0n) is 14.6. The largest absolute Gasteiger partial charge is 0.423 e. The third-order valence-electron chi connectivity index (χ3n) is 5.35. The van der Waals surface area contributed by atoms with E-state index >= 15 is 0 Å². The van der Waals surface area contributed by atoms with Crippen molar-refractivity contribution in [2.75, 3.05) is 13.1 Å². The Balaban J connectivity index is 1.72. The van der Waals surface area contributed by atoms with Crippen LogP contribution in [0.5, 0.6) is 0 Å². The summed E-state index contributed by atoms with van der Waals surface area (Å²) in [5.41, 5.74) is 4.43. The number of nitrogens with one attached hydrogen (secondary N) is 1. The Morgan fingerprint density at radius 1 is 1.04 bits per heavy atom. The Morgan fingerprint density at radius 3 is 2.42 bits per heavy atom. The standard InChI is InChI=1S/C20H25NO3/c1-13-10-21(11-14(2)23-13)12-17-9-20(22)24-19-8-16-6-4-3-5-15(16)7-18(17)19/h7-9,13-14H,3-6,10-12H2,1-2H3/p+1/t13-,14-/m0/s1. The molecule has 0 unspecified atom stereocenters. The van der Waals surface area contributed by atoms with Crippen LogP contribution in [0, 0.1) is 0 Å². The summed E-state index contributed by atoms with van der Waals surface area (Å²) in [5.74, 6) is 0. The van der Waals surface area contributed by atoms with E-state index in [1.165, 1.54) is 28.9 Å². The van der Waals surface area contributed by atoms with Crippen LogP contribution in [0.3, 0.4) is 0 Å². The highest BCUT2D eigenvalue weighted by molar-refractivity contribution is 5.82. The van der Waals surface area contributed by atoms with Crippen LogP contribution in [0.4, 0.5) is 0 Å². The molecule has 4 nitrogen and oxygen atoms in total. The number of hydrogen-bond donors (Lipinski definition) is 1. The zero-order valence-corrected chi connectivity index (χ0v) is 14.6. The Kier molecular flexibility index (Phi) is 4.19. The molecule has 1 fully saturated rings. The topological polar surface area (TPSA) is 43.9 Å². The summed E-state index contributed by atoms with van der Waals surface area (Å²) in [6.07, 6.45) is 5.27. The maximum absolute atomic E-state index is 12.0. The van der Waals surface area contributed by atoms with E-state index in [2.05, 4.69) is 26.0 Å². The minimum absolute atomic E-state index is 0.234. The van der Waals surface area contributed by atoms with Gasteiger partial charge in [-0.2, -0.15) is 0 Å². The highest BCUT2D eigenvalue weighted by Crippen LogP contribution is 2.27. The summed E-state index contributed by atoms with van der Waals surface area (Å²) in [4.78, 5) is 13.5. The third kappa shape index (κ3) is 3.13. The molecule has 0 bridgehead atoms. The molecular weight excluding hydrogens is 302 g/mol. The van der Waals surface area contributed by atoms with Gasteiger partial charge in [0, 0.05) is 17.0 Å². The summed E-state index contributed by atoms with van der Waals surface area (Å²) in [5, 5.41) is 1.12. The number of aryl methyl sites for hydroxylation is 2. The van der Waals surface area contributed by atoms with Gasteiger partial charge in [0.1, 0.15) is 37.4 Å². The molecule has 0 radical (unpaired) electrons. The summed E-state index contributed by atoms with van der Waals surface area (Å²) >= 11 is 0. The normalized spacial score (nSPS) is 27.2. The number of rotatable bonds is 2. The van der Waals surface area contributed by atoms with E-state index in [-0.39, 0.29) is 17.8 Å². The molecule has 1 aromatic heterocycles. The first-order valence-electron chi connectivity index (χ1n) is 9.16. The molecule has 2 heterocycles. The summed E-state index contributed by atoms with van der Waals surface area (Å²) in [6, 6.07) is 6.07. The molecule has 1 aliphatic carbocycles. The first kappa shape index (κ1) is 15.9. The average molecular weight is 328 g/mol. The predicted molar refractivity (Wildman–Crippen MR) is 93.5 cm³/mol. The van der Waals surface area contributed by atoms with Crippen LogP contribution >= 0.6 is 0 Å². The molecule has 24 heavy (non-hydrogen) atoms. The van der Waals surface area contributed by atoms with Gasteiger partial charge < -0.3 is 14.1 Å². The second-order valence-electron chi connectivity index (χ2n) is 7.51. The number of benzene rings is 1. The van der Waals surface area contributed by atoms with Gasteiger partial charge in [0.2, 0.25) is 0 Å². The monoisotopic (exact) mass is 328 g/mol. The van der Waals surface area contributed by atoms with Crippen LogP contribution in [-0.2, 0) is 24.1 Å². The molecular formula is C20H26NO3+. The van der Waals surface area contributed by atoms with Gasteiger partial charge >= 0.3 is 5.63 Å². The van der Waals surface area contributed by atoms with E-state index in [4.69, 9.17) is 9.15 Å². The van der Waals surface area contributed by atoms with Crippen molar-refractivity contribution in [1.29, 1.82) is 0 Å². The highest BCUT2D eigenvalue weighted by Gasteiger charge is 2.26. The molecule has 1 N–H and O–H groups in total. The van der Waals surface area contributed by atoms with Crippen LogP contribution in [0.25, 0.3) is 11.0 Å². The minimum Gasteiger partial charge on any atom is -0.423 e. The number of quaternary nitrogens is 1. The molecule has 1 aliphatic heterocycles. The molecule has 1 saturated heterocycles. The second kappa shape index (κ2) is 6.34. The Labute approximate surface area is 142 Å². The molecule has 0 spiro atoms. The third-order valence-corrected chi connectivity index (χ3v) is 5.35. The van der Waals surface area contributed by atoms with Gasteiger partial charge in [-0.1, -0.05) is 0 Å². The fourth-order valence-electron chi connectivity index (χ4n) is 4.41. The van der Waals surface area contributed by atoms with E-state index in [0.29, 0.717) is 0 Å². The lowest BCUT2D eigenvalue weighted by atomic mass is 9.90. The van der Waals surface area contributed by atoms with Gasteiger partial charge in [-0.25, -0.2) is 4.79 Å². The van der Waals surface area contributed by atoms with E-state index in [9.17, 15) is 4.79 Å². The summed E-state index contributed by atoms with van der Waals surface area (Å²) < 4.78 is 11.3. The molecule has 2 atom stereocenters. The molecule has 0 amide bonds. The molecule has 4 heteroatoms. The smallest absolute Gasteiger partial charge is 0.336 e. The molecule has 0 saturated carbocycles. The fraction of sp³-hybridized carbons (Fsp3) is 0.550. The van der Waals surface area contributed by atoms with Gasteiger partial charge in [0.25, 0.3) is 0 Å². The molecule has 2 aromatic rings. The lowest BCUT2D eigenvalue weighted by Crippen LogP contribution is -3.14. The van der Waals surface area contributed by atoms with Gasteiger partial charge in [-0.3, -0.25) is 0 Å². The highest BCUT2D eigenvalue weighted by atomic mass is 16.5. The van der Waals surface area contributed by atoms with Crippen LogP contribution < -0.4 is 10.5 Å². The molecule has 128 valence electrons. The molecule has 1 aromatic carbocycles. The lowest BCUT2D eigenvalue weighted by molar-refractivity contribution is -0.928. The first-order chi connectivity index (χ1) is 11.6. The van der Waals surface area contributed by atoms with Crippen molar-refractivity contribution in [3.8, 4) is 0 Å². The maximum atomic E-state index is 12.0.